The highest BCUT2D eigenvalue weighted by molar-refractivity contribution is 6.31. The number of carbonyl (C=O) groups excluding carboxylic acids is 1. The number of nitrogens with two attached hydrogens (primary N) is 1. The zero-order valence-corrected chi connectivity index (χ0v) is 10.3. The zero-order chi connectivity index (χ0) is 12.1. The van der Waals surface area contributed by atoms with Crippen LogP contribution in [0, 0.1) is 6.92 Å². The van der Waals surface area contributed by atoms with Crippen molar-refractivity contribution in [3.63, 3.8) is 0 Å². The van der Waals surface area contributed by atoms with E-state index in [4.69, 9.17) is 17.3 Å². The summed E-state index contributed by atoms with van der Waals surface area (Å²) in [6.07, 6.45) is 0.910. The van der Waals surface area contributed by atoms with Gasteiger partial charge in [-0.05, 0) is 30.5 Å². The first-order valence-corrected chi connectivity index (χ1v) is 5.51. The first-order chi connectivity index (χ1) is 7.54. The molecule has 0 aliphatic rings. The first-order valence-electron chi connectivity index (χ1n) is 5.13. The highest BCUT2D eigenvalue weighted by atomic mass is 35.5. The van der Waals surface area contributed by atoms with Gasteiger partial charge in [-0.1, -0.05) is 23.7 Å². The summed E-state index contributed by atoms with van der Waals surface area (Å²) in [5.74, 6) is -0.235. The molecule has 1 unspecified atom stereocenters. The second kappa shape index (κ2) is 5.87. The lowest BCUT2D eigenvalue weighted by atomic mass is 10.0. The Kier molecular flexibility index (Phi) is 4.77. The van der Waals surface area contributed by atoms with E-state index in [0.717, 1.165) is 16.1 Å². The quantitative estimate of drug-likeness (QED) is 0.825. The summed E-state index contributed by atoms with van der Waals surface area (Å²) in [6.45, 7) is 1.93. The highest BCUT2D eigenvalue weighted by Crippen LogP contribution is 2.22. The average Bonchev–Trinajstić information content (AvgIpc) is 2.29. The normalized spacial score (nSPS) is 12.2. The SMILES string of the molecule is COC(=O)CCC(N)c1ccc(Cl)c(C)c1. The Labute approximate surface area is 101 Å². The molecule has 2 N–H and O–H groups in total. The van der Waals surface area contributed by atoms with Crippen molar-refractivity contribution in [1.29, 1.82) is 0 Å². The molecular formula is C12H16ClNO2. The van der Waals surface area contributed by atoms with Gasteiger partial charge >= 0.3 is 5.97 Å². The maximum atomic E-state index is 11.0. The van der Waals surface area contributed by atoms with E-state index in [1.165, 1.54) is 7.11 Å². The topological polar surface area (TPSA) is 52.3 Å². The Morgan fingerprint density at radius 1 is 1.56 bits per heavy atom. The number of esters is 1. The van der Waals surface area contributed by atoms with Crippen molar-refractivity contribution in [2.45, 2.75) is 25.8 Å². The molecule has 0 aliphatic heterocycles. The summed E-state index contributed by atoms with van der Waals surface area (Å²) >= 11 is 5.92. The Balaban J connectivity index is 2.62. The Bertz CT molecular complexity index is 379. The monoisotopic (exact) mass is 241 g/mol. The first kappa shape index (κ1) is 13.0. The van der Waals surface area contributed by atoms with Crippen molar-refractivity contribution in [2.24, 2.45) is 5.73 Å². The van der Waals surface area contributed by atoms with Crippen LogP contribution < -0.4 is 5.73 Å². The lowest BCUT2D eigenvalue weighted by molar-refractivity contribution is -0.140. The lowest BCUT2D eigenvalue weighted by Gasteiger charge is -2.12. The molecule has 0 amide bonds. The third-order valence-electron chi connectivity index (χ3n) is 2.50. The van der Waals surface area contributed by atoms with E-state index in [1.807, 2.05) is 25.1 Å². The smallest absolute Gasteiger partial charge is 0.305 e. The van der Waals surface area contributed by atoms with Crippen molar-refractivity contribution < 1.29 is 9.53 Å². The van der Waals surface area contributed by atoms with E-state index in [1.54, 1.807) is 0 Å². The molecule has 0 aliphatic carbocycles. The second-order valence-corrected chi connectivity index (χ2v) is 4.14. The van der Waals surface area contributed by atoms with Crippen LogP contribution in [0.1, 0.15) is 30.0 Å². The summed E-state index contributed by atoms with van der Waals surface area (Å²) < 4.78 is 4.56. The fraction of sp³-hybridized carbons (Fsp3) is 0.417. The van der Waals surface area contributed by atoms with Crippen molar-refractivity contribution in [3.8, 4) is 0 Å². The predicted molar refractivity (Wildman–Crippen MR) is 64.4 cm³/mol. The van der Waals surface area contributed by atoms with Crippen molar-refractivity contribution in [3.05, 3.63) is 34.3 Å². The number of benzene rings is 1. The number of halogens is 1. The summed E-state index contributed by atoms with van der Waals surface area (Å²) in [6, 6.07) is 5.50. The molecule has 0 saturated heterocycles. The van der Waals surface area contributed by atoms with Gasteiger partial charge in [-0.2, -0.15) is 0 Å². The highest BCUT2D eigenvalue weighted by Gasteiger charge is 2.10. The molecule has 1 rings (SSSR count). The molecule has 0 fully saturated rings. The van der Waals surface area contributed by atoms with Crippen LogP contribution in [-0.2, 0) is 9.53 Å². The molecule has 0 spiro atoms. The van der Waals surface area contributed by atoms with E-state index >= 15 is 0 Å². The van der Waals surface area contributed by atoms with Crippen molar-refractivity contribution in [1.82, 2.24) is 0 Å². The molecule has 3 nitrogen and oxygen atoms in total. The van der Waals surface area contributed by atoms with Crippen LogP contribution >= 0.6 is 11.6 Å². The van der Waals surface area contributed by atoms with E-state index < -0.39 is 0 Å². The molecule has 0 heterocycles. The molecule has 0 bridgehead atoms. The number of hydrogen-bond acceptors (Lipinski definition) is 3. The van der Waals surface area contributed by atoms with Crippen LogP contribution in [0.15, 0.2) is 18.2 Å². The number of hydrogen-bond donors (Lipinski definition) is 1. The Morgan fingerprint density at radius 3 is 2.81 bits per heavy atom. The van der Waals surface area contributed by atoms with Gasteiger partial charge in [-0.25, -0.2) is 0 Å². The molecule has 4 heteroatoms. The third kappa shape index (κ3) is 3.51. The largest absolute Gasteiger partial charge is 0.469 e. The van der Waals surface area contributed by atoms with Crippen LogP contribution in [0.25, 0.3) is 0 Å². The molecule has 1 aromatic carbocycles. The number of carbonyl (C=O) groups is 1. The number of methoxy groups -OCH3 is 1. The Morgan fingerprint density at radius 2 is 2.25 bits per heavy atom. The molecule has 0 radical (unpaired) electrons. The maximum absolute atomic E-state index is 11.0. The molecular weight excluding hydrogens is 226 g/mol. The van der Waals surface area contributed by atoms with Gasteiger partial charge in [0.1, 0.15) is 0 Å². The summed E-state index contributed by atoms with van der Waals surface area (Å²) in [5.41, 5.74) is 7.95. The van der Waals surface area contributed by atoms with Crippen LogP contribution in [-0.4, -0.2) is 13.1 Å². The van der Waals surface area contributed by atoms with Gasteiger partial charge in [0.25, 0.3) is 0 Å². The van der Waals surface area contributed by atoms with Gasteiger partial charge in [0.2, 0.25) is 0 Å². The van der Waals surface area contributed by atoms with Crippen LogP contribution in [0.5, 0.6) is 0 Å². The van der Waals surface area contributed by atoms with E-state index in [9.17, 15) is 4.79 Å². The Hall–Kier alpha value is -1.06. The third-order valence-corrected chi connectivity index (χ3v) is 2.92. The minimum absolute atomic E-state index is 0.157. The molecule has 88 valence electrons. The summed E-state index contributed by atoms with van der Waals surface area (Å²) in [4.78, 5) is 11.0. The van der Waals surface area contributed by atoms with Gasteiger partial charge in [-0.15, -0.1) is 0 Å². The maximum Gasteiger partial charge on any atom is 0.305 e. The molecule has 16 heavy (non-hydrogen) atoms. The summed E-state index contributed by atoms with van der Waals surface area (Å²) in [5, 5.41) is 0.726. The van der Waals surface area contributed by atoms with Gasteiger partial charge < -0.3 is 10.5 Å². The predicted octanol–water partition coefficient (Wildman–Crippen LogP) is 2.60. The lowest BCUT2D eigenvalue weighted by Crippen LogP contribution is -2.13. The van der Waals surface area contributed by atoms with Crippen LogP contribution in [0.3, 0.4) is 0 Å². The number of aryl methyl sites for hydroxylation is 1. The zero-order valence-electron chi connectivity index (χ0n) is 9.50. The van der Waals surface area contributed by atoms with E-state index in [2.05, 4.69) is 4.74 Å². The summed E-state index contributed by atoms with van der Waals surface area (Å²) in [7, 11) is 1.38. The van der Waals surface area contributed by atoms with Crippen molar-refractivity contribution >= 4 is 17.6 Å². The van der Waals surface area contributed by atoms with E-state index in [0.29, 0.717) is 12.8 Å². The second-order valence-electron chi connectivity index (χ2n) is 3.73. The van der Waals surface area contributed by atoms with Gasteiger partial charge in [0.15, 0.2) is 0 Å². The van der Waals surface area contributed by atoms with Crippen LogP contribution in [0.2, 0.25) is 5.02 Å². The average molecular weight is 242 g/mol. The molecule has 1 atom stereocenters. The number of ether oxygens (including phenoxy) is 1. The standard InChI is InChI=1S/C12H16ClNO2/c1-8-7-9(3-4-10(8)13)11(14)5-6-12(15)16-2/h3-4,7,11H,5-6,14H2,1-2H3. The fourth-order valence-corrected chi connectivity index (χ4v) is 1.56. The van der Waals surface area contributed by atoms with Gasteiger partial charge in [-0.3, -0.25) is 4.79 Å². The molecule has 0 saturated carbocycles. The number of rotatable bonds is 4. The van der Waals surface area contributed by atoms with Gasteiger partial charge in [0, 0.05) is 17.5 Å². The minimum Gasteiger partial charge on any atom is -0.469 e. The van der Waals surface area contributed by atoms with Crippen LogP contribution in [0.4, 0.5) is 0 Å². The van der Waals surface area contributed by atoms with Crippen molar-refractivity contribution in [2.75, 3.05) is 7.11 Å². The minimum atomic E-state index is -0.235. The molecule has 1 aromatic rings. The molecule has 0 aromatic heterocycles. The van der Waals surface area contributed by atoms with E-state index in [-0.39, 0.29) is 12.0 Å². The van der Waals surface area contributed by atoms with Gasteiger partial charge in [0.05, 0.1) is 7.11 Å². The fourth-order valence-electron chi connectivity index (χ4n) is 1.44.